The van der Waals surface area contributed by atoms with Crippen LogP contribution in [0.4, 0.5) is 4.79 Å². The highest BCUT2D eigenvalue weighted by molar-refractivity contribution is 7.09. The molecule has 3 heterocycles. The zero-order chi connectivity index (χ0) is 17.1. The molecule has 7 heteroatoms. The van der Waals surface area contributed by atoms with Crippen LogP contribution < -0.4 is 5.32 Å². The third-order valence-electron chi connectivity index (χ3n) is 4.64. The summed E-state index contributed by atoms with van der Waals surface area (Å²) in [6.07, 6.45) is 4.99. The van der Waals surface area contributed by atoms with Crippen molar-refractivity contribution in [3.63, 3.8) is 0 Å². The molecule has 1 aliphatic heterocycles. The molecule has 2 unspecified atom stereocenters. The van der Waals surface area contributed by atoms with E-state index in [0.29, 0.717) is 6.54 Å². The molecule has 0 bridgehead atoms. The van der Waals surface area contributed by atoms with Crippen molar-refractivity contribution in [3.05, 3.63) is 33.6 Å². The van der Waals surface area contributed by atoms with Gasteiger partial charge in [0.2, 0.25) is 0 Å². The molecule has 2 aromatic rings. The van der Waals surface area contributed by atoms with Crippen LogP contribution in [0.15, 0.2) is 16.1 Å². The molecule has 6 nitrogen and oxygen atoms in total. The van der Waals surface area contributed by atoms with Crippen molar-refractivity contribution in [2.45, 2.75) is 52.0 Å². The van der Waals surface area contributed by atoms with Crippen molar-refractivity contribution < 1.29 is 9.32 Å². The Bertz CT molecular complexity index is 663. The average Bonchev–Trinajstić information content (AvgIpc) is 3.22. The second-order valence-electron chi connectivity index (χ2n) is 6.40. The van der Waals surface area contributed by atoms with Gasteiger partial charge in [-0.2, -0.15) is 0 Å². The van der Waals surface area contributed by atoms with Gasteiger partial charge in [-0.15, -0.1) is 11.3 Å². The molecule has 2 atom stereocenters. The topological polar surface area (TPSA) is 71.3 Å². The first kappa shape index (κ1) is 17.0. The van der Waals surface area contributed by atoms with E-state index in [1.165, 1.54) is 0 Å². The average molecular weight is 348 g/mol. The highest BCUT2D eigenvalue weighted by Gasteiger charge is 2.30. The Labute approximate surface area is 146 Å². The third-order valence-corrected chi connectivity index (χ3v) is 5.52. The van der Waals surface area contributed by atoms with Gasteiger partial charge in [-0.3, -0.25) is 0 Å². The Hall–Kier alpha value is -1.89. The molecule has 1 fully saturated rings. The van der Waals surface area contributed by atoms with Gasteiger partial charge in [0, 0.05) is 36.1 Å². The predicted molar refractivity (Wildman–Crippen MR) is 93.2 cm³/mol. The summed E-state index contributed by atoms with van der Waals surface area (Å²) in [6, 6.07) is 0.0987. The van der Waals surface area contributed by atoms with Gasteiger partial charge < -0.3 is 14.7 Å². The molecule has 2 amide bonds. The number of urea groups is 1. The zero-order valence-corrected chi connectivity index (χ0v) is 15.2. The molecule has 0 spiro atoms. The molecule has 130 valence electrons. The Kier molecular flexibility index (Phi) is 5.18. The number of aryl methyl sites for hydroxylation is 2. The number of nitrogens with one attached hydrogen (secondary N) is 1. The number of aromatic nitrogens is 2. The van der Waals surface area contributed by atoms with Crippen LogP contribution in [0.5, 0.6) is 0 Å². The fourth-order valence-electron chi connectivity index (χ4n) is 3.47. The van der Waals surface area contributed by atoms with Crippen LogP contribution in [-0.2, 0) is 0 Å². The van der Waals surface area contributed by atoms with Crippen LogP contribution in [-0.4, -0.2) is 34.2 Å². The van der Waals surface area contributed by atoms with Gasteiger partial charge in [-0.1, -0.05) is 12.1 Å². The van der Waals surface area contributed by atoms with E-state index in [1.54, 1.807) is 11.3 Å². The summed E-state index contributed by atoms with van der Waals surface area (Å²) in [6.45, 7) is 7.30. The Morgan fingerprint density at radius 2 is 2.33 bits per heavy atom. The summed E-state index contributed by atoms with van der Waals surface area (Å²) >= 11 is 1.62. The van der Waals surface area contributed by atoms with Crippen molar-refractivity contribution in [1.82, 2.24) is 20.4 Å². The second kappa shape index (κ2) is 7.34. The number of hydrogen-bond acceptors (Lipinski definition) is 5. The molecule has 1 saturated heterocycles. The number of rotatable bonds is 4. The Balaban J connectivity index is 1.63. The fourth-order valence-corrected chi connectivity index (χ4v) is 4.25. The van der Waals surface area contributed by atoms with Crippen molar-refractivity contribution in [1.29, 1.82) is 0 Å². The third kappa shape index (κ3) is 3.45. The van der Waals surface area contributed by atoms with Crippen LogP contribution in [0.1, 0.15) is 60.2 Å². The predicted octanol–water partition coefficient (Wildman–Crippen LogP) is 3.79. The minimum atomic E-state index is -0.00601. The number of carbonyl (C=O) groups excluding carboxylic acids is 1. The van der Waals surface area contributed by atoms with Gasteiger partial charge >= 0.3 is 6.03 Å². The second-order valence-corrected chi connectivity index (χ2v) is 7.33. The fraction of sp³-hybridized carbons (Fsp3) is 0.588. The van der Waals surface area contributed by atoms with Crippen LogP contribution in [0.2, 0.25) is 0 Å². The maximum absolute atomic E-state index is 12.7. The van der Waals surface area contributed by atoms with Crippen molar-refractivity contribution >= 4 is 17.4 Å². The number of likely N-dealkylation sites (tertiary alicyclic amines) is 1. The summed E-state index contributed by atoms with van der Waals surface area (Å²) in [5.41, 5.74) is 1.98. The normalized spacial score (nSPS) is 19.3. The minimum absolute atomic E-state index is 0.00601. The highest BCUT2D eigenvalue weighted by atomic mass is 32.1. The smallest absolute Gasteiger partial charge is 0.318 e. The quantitative estimate of drug-likeness (QED) is 0.912. The van der Waals surface area contributed by atoms with E-state index in [1.807, 2.05) is 30.3 Å². The minimum Gasteiger partial charge on any atom is -0.361 e. The van der Waals surface area contributed by atoms with Gasteiger partial charge in [0.05, 0.1) is 11.7 Å². The molecule has 0 aliphatic carbocycles. The standard InChI is InChI=1S/C17H24N4O2S/c1-11(15-12(2)20-23-13(15)3)10-19-17(22)21-8-5-4-6-14(21)16-18-7-9-24-16/h7,9,11,14H,4-6,8,10H2,1-3H3,(H,19,22). The lowest BCUT2D eigenvalue weighted by Crippen LogP contribution is -2.45. The van der Waals surface area contributed by atoms with Crippen molar-refractivity contribution in [2.75, 3.05) is 13.1 Å². The van der Waals surface area contributed by atoms with E-state index in [2.05, 4.69) is 22.4 Å². The monoisotopic (exact) mass is 348 g/mol. The van der Waals surface area contributed by atoms with E-state index in [0.717, 1.165) is 47.8 Å². The number of carbonyl (C=O) groups is 1. The number of thiazole rings is 1. The first-order valence-corrected chi connectivity index (χ1v) is 9.32. The molecule has 2 aromatic heterocycles. The SMILES string of the molecule is Cc1noc(C)c1C(C)CNC(=O)N1CCCCC1c1nccs1. The maximum atomic E-state index is 12.7. The first-order valence-electron chi connectivity index (χ1n) is 8.44. The lowest BCUT2D eigenvalue weighted by atomic mass is 9.99. The van der Waals surface area contributed by atoms with Gasteiger partial charge in [0.15, 0.2) is 0 Å². The van der Waals surface area contributed by atoms with Gasteiger partial charge in [0.1, 0.15) is 10.8 Å². The summed E-state index contributed by atoms with van der Waals surface area (Å²) in [4.78, 5) is 19.0. The largest absolute Gasteiger partial charge is 0.361 e. The molecule has 3 rings (SSSR count). The molecule has 1 N–H and O–H groups in total. The lowest BCUT2D eigenvalue weighted by molar-refractivity contribution is 0.151. The van der Waals surface area contributed by atoms with E-state index in [4.69, 9.17) is 4.52 Å². The van der Waals surface area contributed by atoms with E-state index < -0.39 is 0 Å². The maximum Gasteiger partial charge on any atom is 0.318 e. The van der Waals surface area contributed by atoms with Crippen LogP contribution in [0.25, 0.3) is 0 Å². The molecule has 0 saturated carbocycles. The van der Waals surface area contributed by atoms with Crippen LogP contribution in [0, 0.1) is 13.8 Å². The molecule has 24 heavy (non-hydrogen) atoms. The van der Waals surface area contributed by atoms with E-state index in [-0.39, 0.29) is 18.0 Å². The summed E-state index contributed by atoms with van der Waals surface area (Å²) in [5.74, 6) is 0.996. The van der Waals surface area contributed by atoms with Gasteiger partial charge in [0.25, 0.3) is 0 Å². The van der Waals surface area contributed by atoms with Gasteiger partial charge in [-0.25, -0.2) is 9.78 Å². The van der Waals surface area contributed by atoms with E-state index >= 15 is 0 Å². The molecule has 0 aromatic carbocycles. The Morgan fingerprint density at radius 1 is 1.50 bits per heavy atom. The van der Waals surface area contributed by atoms with Crippen LogP contribution >= 0.6 is 11.3 Å². The van der Waals surface area contributed by atoms with Crippen LogP contribution in [0.3, 0.4) is 0 Å². The molecular weight excluding hydrogens is 324 g/mol. The number of amides is 2. The number of hydrogen-bond donors (Lipinski definition) is 1. The number of piperidine rings is 1. The van der Waals surface area contributed by atoms with Crippen molar-refractivity contribution in [2.24, 2.45) is 0 Å². The van der Waals surface area contributed by atoms with E-state index in [9.17, 15) is 4.79 Å². The summed E-state index contributed by atoms with van der Waals surface area (Å²) in [7, 11) is 0. The van der Waals surface area contributed by atoms with Crippen molar-refractivity contribution in [3.8, 4) is 0 Å². The Morgan fingerprint density at radius 3 is 3.00 bits per heavy atom. The molecular formula is C17H24N4O2S. The highest BCUT2D eigenvalue weighted by Crippen LogP contribution is 2.32. The zero-order valence-electron chi connectivity index (χ0n) is 14.4. The lowest BCUT2D eigenvalue weighted by Gasteiger charge is -2.34. The molecule has 1 aliphatic rings. The number of nitrogens with zero attached hydrogens (tertiary/aromatic N) is 3. The summed E-state index contributed by atoms with van der Waals surface area (Å²) in [5, 5.41) is 10.1. The first-order chi connectivity index (χ1) is 11.6. The summed E-state index contributed by atoms with van der Waals surface area (Å²) < 4.78 is 5.23. The van der Waals surface area contributed by atoms with Gasteiger partial charge in [-0.05, 0) is 33.1 Å². The molecule has 0 radical (unpaired) electrons.